The summed E-state index contributed by atoms with van der Waals surface area (Å²) >= 11 is 1.65. The highest BCUT2D eigenvalue weighted by Gasteiger charge is 2.22. The molecule has 0 aliphatic heterocycles. The van der Waals surface area contributed by atoms with Crippen LogP contribution in [0, 0.1) is 6.92 Å². The second-order valence-electron chi connectivity index (χ2n) is 5.68. The van der Waals surface area contributed by atoms with Crippen LogP contribution in [0.1, 0.15) is 23.5 Å². The number of rotatable bonds is 8. The molecule has 0 aliphatic rings. The van der Waals surface area contributed by atoms with Crippen LogP contribution in [0.25, 0.3) is 10.6 Å². The summed E-state index contributed by atoms with van der Waals surface area (Å²) in [4.78, 5) is 19.9. The molecule has 2 aromatic rings. The molecular formula is C18H27Cl2N3O2S. The molecule has 8 heteroatoms. The van der Waals surface area contributed by atoms with Crippen LogP contribution in [0.5, 0.6) is 0 Å². The molecule has 1 amide bonds. The Kier molecular flexibility index (Phi) is 11.7. The molecule has 0 spiro atoms. The van der Waals surface area contributed by atoms with Gasteiger partial charge in [0.1, 0.15) is 5.01 Å². The zero-order chi connectivity index (χ0) is 17.5. The zero-order valence-corrected chi connectivity index (χ0v) is 18.0. The maximum absolute atomic E-state index is 12.3. The lowest BCUT2D eigenvalue weighted by molar-refractivity contribution is -0.130. The smallest absolute Gasteiger partial charge is 0.236 e. The van der Waals surface area contributed by atoms with Crippen LogP contribution in [0.2, 0.25) is 0 Å². The second kappa shape index (κ2) is 12.3. The Morgan fingerprint density at radius 3 is 2.58 bits per heavy atom. The highest BCUT2D eigenvalue weighted by atomic mass is 35.5. The number of nitrogens with zero attached hydrogens (tertiary/aromatic N) is 2. The van der Waals surface area contributed by atoms with Crippen molar-refractivity contribution in [1.29, 1.82) is 0 Å². The van der Waals surface area contributed by atoms with Gasteiger partial charge in [0.25, 0.3) is 0 Å². The SMILES string of the molecule is COCCNCC(=O)N(C)C(C)c1sc(-c2ccccc2)nc1C.Cl.Cl. The number of nitrogens with one attached hydrogen (secondary N) is 1. The van der Waals surface area contributed by atoms with Gasteiger partial charge in [-0.1, -0.05) is 30.3 Å². The molecule has 1 aromatic heterocycles. The Hall–Kier alpha value is -1.18. The summed E-state index contributed by atoms with van der Waals surface area (Å²) in [5.74, 6) is 0.0627. The number of halogens is 2. The quantitative estimate of drug-likeness (QED) is 0.662. The summed E-state index contributed by atoms with van der Waals surface area (Å²) in [6, 6.07) is 10.1. The van der Waals surface area contributed by atoms with Crippen LogP contribution in [0.3, 0.4) is 0 Å². The molecule has 2 rings (SSSR count). The molecule has 0 saturated carbocycles. The van der Waals surface area contributed by atoms with E-state index in [9.17, 15) is 4.79 Å². The summed E-state index contributed by atoms with van der Waals surface area (Å²) in [7, 11) is 3.49. The van der Waals surface area contributed by atoms with Gasteiger partial charge in [-0.2, -0.15) is 0 Å². The lowest BCUT2D eigenvalue weighted by Gasteiger charge is -2.24. The Bertz CT molecular complexity index is 668. The average molecular weight is 420 g/mol. The molecule has 1 N–H and O–H groups in total. The van der Waals surface area contributed by atoms with Crippen molar-refractivity contribution in [3.05, 3.63) is 40.9 Å². The van der Waals surface area contributed by atoms with Crippen LogP contribution in [0.15, 0.2) is 30.3 Å². The first kappa shape index (κ1) is 24.8. The first-order valence-electron chi connectivity index (χ1n) is 8.02. The van der Waals surface area contributed by atoms with Crippen LogP contribution < -0.4 is 5.32 Å². The number of ether oxygens (including phenoxy) is 1. The molecule has 26 heavy (non-hydrogen) atoms. The number of carbonyl (C=O) groups is 1. The molecule has 1 aromatic carbocycles. The van der Waals surface area contributed by atoms with Gasteiger partial charge < -0.3 is 15.0 Å². The average Bonchev–Trinajstić information content (AvgIpc) is 2.99. The van der Waals surface area contributed by atoms with E-state index in [-0.39, 0.29) is 36.8 Å². The minimum Gasteiger partial charge on any atom is -0.383 e. The summed E-state index contributed by atoms with van der Waals surface area (Å²) in [5.41, 5.74) is 2.10. The Labute approximate surface area is 172 Å². The molecule has 1 atom stereocenters. The van der Waals surface area contributed by atoms with E-state index in [1.165, 1.54) is 0 Å². The number of hydrogen-bond acceptors (Lipinski definition) is 5. The maximum Gasteiger partial charge on any atom is 0.236 e. The maximum atomic E-state index is 12.3. The molecular weight excluding hydrogens is 393 g/mol. The van der Waals surface area contributed by atoms with E-state index >= 15 is 0 Å². The van der Waals surface area contributed by atoms with Crippen LogP contribution in [0.4, 0.5) is 0 Å². The van der Waals surface area contributed by atoms with Crippen molar-refractivity contribution in [1.82, 2.24) is 15.2 Å². The lowest BCUT2D eigenvalue weighted by Crippen LogP contribution is -2.38. The predicted molar refractivity (Wildman–Crippen MR) is 113 cm³/mol. The number of aromatic nitrogens is 1. The van der Waals surface area contributed by atoms with Gasteiger partial charge in [0.2, 0.25) is 5.91 Å². The normalized spacial score (nSPS) is 11.2. The monoisotopic (exact) mass is 419 g/mol. The van der Waals surface area contributed by atoms with E-state index in [0.29, 0.717) is 19.7 Å². The molecule has 1 heterocycles. The number of methoxy groups -OCH3 is 1. The molecule has 1 unspecified atom stereocenters. The molecule has 5 nitrogen and oxygen atoms in total. The minimum atomic E-state index is -0.00307. The lowest BCUT2D eigenvalue weighted by atomic mass is 10.2. The number of likely N-dealkylation sites (N-methyl/N-ethyl adjacent to an activating group) is 1. The first-order valence-corrected chi connectivity index (χ1v) is 8.84. The van der Waals surface area contributed by atoms with Crippen molar-refractivity contribution in [2.24, 2.45) is 0 Å². The molecule has 0 radical (unpaired) electrons. The van der Waals surface area contributed by atoms with E-state index < -0.39 is 0 Å². The fourth-order valence-corrected chi connectivity index (χ4v) is 3.55. The summed E-state index contributed by atoms with van der Waals surface area (Å²) in [6.07, 6.45) is 0. The number of thiazole rings is 1. The van der Waals surface area contributed by atoms with Gasteiger partial charge in [0.05, 0.1) is 29.8 Å². The Balaban J connectivity index is 0.00000312. The van der Waals surface area contributed by atoms with Crippen LogP contribution in [-0.4, -0.2) is 49.6 Å². The number of amides is 1. The largest absolute Gasteiger partial charge is 0.383 e. The standard InChI is InChI=1S/C18H25N3O2S.2ClH/c1-13-17(24-18(20-13)15-8-6-5-7-9-15)14(2)21(3)16(22)12-19-10-11-23-4;;/h5-9,14,19H,10-12H2,1-4H3;2*1H. The Morgan fingerprint density at radius 2 is 1.96 bits per heavy atom. The highest BCUT2D eigenvalue weighted by Crippen LogP contribution is 2.33. The van der Waals surface area contributed by atoms with Gasteiger partial charge >= 0.3 is 0 Å². The zero-order valence-electron chi connectivity index (χ0n) is 15.5. The molecule has 0 fully saturated rings. The van der Waals surface area contributed by atoms with E-state index in [1.54, 1.807) is 23.3 Å². The van der Waals surface area contributed by atoms with Gasteiger partial charge in [-0.3, -0.25) is 4.79 Å². The second-order valence-corrected chi connectivity index (χ2v) is 6.72. The number of hydrogen-bond donors (Lipinski definition) is 1. The van der Waals surface area contributed by atoms with Crippen molar-refractivity contribution < 1.29 is 9.53 Å². The number of carbonyl (C=O) groups excluding carboxylic acids is 1. The molecule has 0 bridgehead atoms. The minimum absolute atomic E-state index is 0. The van der Waals surface area contributed by atoms with E-state index in [4.69, 9.17) is 4.74 Å². The van der Waals surface area contributed by atoms with Crippen molar-refractivity contribution in [3.63, 3.8) is 0 Å². The highest BCUT2D eigenvalue weighted by molar-refractivity contribution is 7.15. The fraction of sp³-hybridized carbons (Fsp3) is 0.444. The number of aryl methyl sites for hydroxylation is 1. The van der Waals surface area contributed by atoms with Crippen molar-refractivity contribution in [2.45, 2.75) is 19.9 Å². The van der Waals surface area contributed by atoms with Gasteiger partial charge in [0, 0.05) is 26.3 Å². The van der Waals surface area contributed by atoms with E-state index in [0.717, 1.165) is 21.1 Å². The first-order chi connectivity index (χ1) is 11.5. The third kappa shape index (κ3) is 6.52. The van der Waals surface area contributed by atoms with E-state index in [2.05, 4.69) is 22.4 Å². The van der Waals surface area contributed by atoms with Crippen molar-refractivity contribution >= 4 is 42.1 Å². The molecule has 0 aliphatic carbocycles. The fourth-order valence-electron chi connectivity index (χ4n) is 2.39. The van der Waals surface area contributed by atoms with Crippen molar-refractivity contribution in [3.8, 4) is 10.6 Å². The van der Waals surface area contributed by atoms with Crippen LogP contribution >= 0.6 is 36.2 Å². The van der Waals surface area contributed by atoms with Gasteiger partial charge in [0.15, 0.2) is 0 Å². The summed E-state index contributed by atoms with van der Waals surface area (Å²) in [5, 5.41) is 4.09. The predicted octanol–water partition coefficient (Wildman–Crippen LogP) is 3.72. The summed E-state index contributed by atoms with van der Waals surface area (Å²) < 4.78 is 4.97. The third-order valence-corrected chi connectivity index (χ3v) is 5.34. The van der Waals surface area contributed by atoms with Gasteiger partial charge in [-0.15, -0.1) is 36.2 Å². The van der Waals surface area contributed by atoms with Gasteiger partial charge in [-0.25, -0.2) is 4.98 Å². The molecule has 146 valence electrons. The topological polar surface area (TPSA) is 54.5 Å². The van der Waals surface area contributed by atoms with E-state index in [1.807, 2.05) is 39.1 Å². The number of benzene rings is 1. The van der Waals surface area contributed by atoms with Gasteiger partial charge in [-0.05, 0) is 13.8 Å². The van der Waals surface area contributed by atoms with Crippen LogP contribution in [-0.2, 0) is 9.53 Å². The molecule has 0 saturated heterocycles. The third-order valence-electron chi connectivity index (χ3n) is 3.97. The van der Waals surface area contributed by atoms with Crippen molar-refractivity contribution in [2.75, 3.05) is 33.9 Å². The summed E-state index contributed by atoms with van der Waals surface area (Å²) in [6.45, 7) is 5.63. The Morgan fingerprint density at radius 1 is 1.31 bits per heavy atom.